The molecule has 2 aromatic carbocycles. The van der Waals surface area contributed by atoms with Gasteiger partial charge in [-0.1, -0.05) is 30.3 Å². The van der Waals surface area contributed by atoms with Gasteiger partial charge in [-0.3, -0.25) is 10.1 Å². The summed E-state index contributed by atoms with van der Waals surface area (Å²) in [7, 11) is 0. The number of carbonyl (C=O) groups is 1. The molecule has 4 nitrogen and oxygen atoms in total. The van der Waals surface area contributed by atoms with Crippen LogP contribution >= 0.6 is 28.1 Å². The van der Waals surface area contributed by atoms with Crippen LogP contribution in [0.3, 0.4) is 0 Å². The van der Waals surface area contributed by atoms with E-state index in [1.807, 2.05) is 36.9 Å². The zero-order chi connectivity index (χ0) is 18.9. The van der Waals surface area contributed by atoms with Crippen LogP contribution in [0.5, 0.6) is 5.75 Å². The molecule has 6 heteroatoms. The Morgan fingerprint density at radius 1 is 1.15 bits per heavy atom. The van der Waals surface area contributed by atoms with E-state index < -0.39 is 0 Å². The molecule has 0 unspecified atom stereocenters. The van der Waals surface area contributed by atoms with Crippen LogP contribution in [-0.2, 0) is 6.42 Å². The Kier molecular flexibility index (Phi) is 8.06. The van der Waals surface area contributed by atoms with Crippen LogP contribution in [0.1, 0.15) is 29.8 Å². The molecule has 0 saturated carbocycles. The fourth-order valence-corrected chi connectivity index (χ4v) is 3.29. The largest absolute Gasteiger partial charge is 0.492 e. The lowest BCUT2D eigenvalue weighted by Gasteiger charge is -2.21. The van der Waals surface area contributed by atoms with E-state index in [1.54, 1.807) is 18.2 Å². The van der Waals surface area contributed by atoms with Crippen LogP contribution in [-0.4, -0.2) is 35.6 Å². The molecule has 2 rings (SSSR count). The van der Waals surface area contributed by atoms with Gasteiger partial charge in [0, 0.05) is 25.1 Å². The molecular formula is C20H23BrN2O2S. The Balaban J connectivity index is 1.93. The molecule has 1 N–H and O–H groups in total. The maximum absolute atomic E-state index is 12.4. The van der Waals surface area contributed by atoms with E-state index in [4.69, 9.17) is 17.0 Å². The SMILES string of the molecule is CCN(CC)C(=S)NC(=O)c1ccc(OCCc2ccccc2)c(Br)c1. The minimum atomic E-state index is -0.224. The quantitative estimate of drug-likeness (QED) is 0.654. The van der Waals surface area contributed by atoms with Crippen molar-refractivity contribution in [2.75, 3.05) is 19.7 Å². The molecule has 1 amide bonds. The van der Waals surface area contributed by atoms with Crippen molar-refractivity contribution in [1.82, 2.24) is 10.2 Å². The number of hydrogen-bond acceptors (Lipinski definition) is 3. The standard InChI is InChI=1S/C20H23BrN2O2S/c1-3-23(4-2)20(26)22-19(24)16-10-11-18(17(21)14-16)25-13-12-15-8-6-5-7-9-15/h5-11,14H,3-4,12-13H2,1-2H3,(H,22,24,26). The predicted molar refractivity (Wildman–Crippen MR) is 113 cm³/mol. The molecule has 0 fully saturated rings. The maximum Gasteiger partial charge on any atom is 0.257 e. The fourth-order valence-electron chi connectivity index (χ4n) is 2.44. The van der Waals surface area contributed by atoms with E-state index in [-0.39, 0.29) is 5.91 Å². The average molecular weight is 435 g/mol. The van der Waals surface area contributed by atoms with E-state index >= 15 is 0 Å². The molecule has 0 aliphatic rings. The number of amides is 1. The van der Waals surface area contributed by atoms with Gasteiger partial charge in [-0.15, -0.1) is 0 Å². The number of hydrogen-bond donors (Lipinski definition) is 1. The molecule has 26 heavy (non-hydrogen) atoms. The molecule has 0 aliphatic heterocycles. The monoisotopic (exact) mass is 434 g/mol. The van der Waals surface area contributed by atoms with Crippen molar-refractivity contribution in [3.05, 3.63) is 64.1 Å². The number of nitrogens with one attached hydrogen (secondary N) is 1. The molecule has 0 spiro atoms. The van der Waals surface area contributed by atoms with Crippen LogP contribution in [0.15, 0.2) is 53.0 Å². The van der Waals surface area contributed by atoms with Crippen LogP contribution < -0.4 is 10.1 Å². The van der Waals surface area contributed by atoms with Gasteiger partial charge in [0.15, 0.2) is 5.11 Å². The Morgan fingerprint density at radius 3 is 2.46 bits per heavy atom. The normalized spacial score (nSPS) is 10.3. The first-order valence-corrected chi connectivity index (χ1v) is 9.81. The third kappa shape index (κ3) is 5.81. The average Bonchev–Trinajstić information content (AvgIpc) is 2.64. The summed E-state index contributed by atoms with van der Waals surface area (Å²) in [5.74, 6) is 0.488. The second kappa shape index (κ2) is 10.3. The summed E-state index contributed by atoms with van der Waals surface area (Å²) >= 11 is 8.75. The van der Waals surface area contributed by atoms with E-state index in [0.29, 0.717) is 23.0 Å². The number of thiocarbonyl (C=S) groups is 1. The number of halogens is 1. The van der Waals surface area contributed by atoms with Gasteiger partial charge >= 0.3 is 0 Å². The third-order valence-corrected chi connectivity index (χ3v) is 4.94. The van der Waals surface area contributed by atoms with Crippen LogP contribution in [0.2, 0.25) is 0 Å². The van der Waals surface area contributed by atoms with Crippen LogP contribution in [0.25, 0.3) is 0 Å². The molecule has 0 saturated heterocycles. The second-order valence-electron chi connectivity index (χ2n) is 5.66. The Bertz CT molecular complexity index is 749. The van der Waals surface area contributed by atoms with Gasteiger partial charge in [-0.2, -0.15) is 0 Å². The Morgan fingerprint density at radius 2 is 1.85 bits per heavy atom. The highest BCUT2D eigenvalue weighted by atomic mass is 79.9. The molecule has 138 valence electrons. The van der Waals surface area contributed by atoms with Crippen LogP contribution in [0.4, 0.5) is 0 Å². The van der Waals surface area contributed by atoms with Crippen molar-refractivity contribution in [3.63, 3.8) is 0 Å². The molecule has 0 radical (unpaired) electrons. The van der Waals surface area contributed by atoms with Gasteiger partial charge in [0.2, 0.25) is 0 Å². The lowest BCUT2D eigenvalue weighted by atomic mass is 10.2. The van der Waals surface area contributed by atoms with E-state index in [1.165, 1.54) is 5.56 Å². The van der Waals surface area contributed by atoms with E-state index in [0.717, 1.165) is 24.0 Å². The van der Waals surface area contributed by atoms with Crippen molar-refractivity contribution in [2.24, 2.45) is 0 Å². The molecule has 0 atom stereocenters. The highest BCUT2D eigenvalue weighted by molar-refractivity contribution is 9.10. The number of nitrogens with zero attached hydrogens (tertiary/aromatic N) is 1. The van der Waals surface area contributed by atoms with Crippen LogP contribution in [0, 0.1) is 0 Å². The van der Waals surface area contributed by atoms with Gasteiger partial charge in [0.05, 0.1) is 11.1 Å². The summed E-state index contributed by atoms with van der Waals surface area (Å²) in [6, 6.07) is 15.5. The fraction of sp³-hybridized carbons (Fsp3) is 0.300. The Hall–Kier alpha value is -1.92. The summed E-state index contributed by atoms with van der Waals surface area (Å²) < 4.78 is 6.56. The smallest absolute Gasteiger partial charge is 0.257 e. The summed E-state index contributed by atoms with van der Waals surface area (Å²) in [6.07, 6.45) is 0.827. The molecule has 0 heterocycles. The summed E-state index contributed by atoms with van der Waals surface area (Å²) in [5, 5.41) is 3.21. The maximum atomic E-state index is 12.4. The van der Waals surface area contributed by atoms with Crippen molar-refractivity contribution >= 4 is 39.2 Å². The number of carbonyl (C=O) groups excluding carboxylic acids is 1. The minimum Gasteiger partial charge on any atom is -0.492 e. The minimum absolute atomic E-state index is 0.224. The van der Waals surface area contributed by atoms with Gasteiger partial charge in [0.25, 0.3) is 5.91 Å². The molecule has 0 bridgehead atoms. The number of benzene rings is 2. The topological polar surface area (TPSA) is 41.6 Å². The first kappa shape index (κ1) is 20.4. The van der Waals surface area contributed by atoms with Crippen molar-refractivity contribution < 1.29 is 9.53 Å². The molecular weight excluding hydrogens is 412 g/mol. The Labute approximate surface area is 168 Å². The first-order valence-electron chi connectivity index (χ1n) is 8.61. The van der Waals surface area contributed by atoms with Crippen molar-refractivity contribution in [3.8, 4) is 5.75 Å². The highest BCUT2D eigenvalue weighted by Gasteiger charge is 2.13. The van der Waals surface area contributed by atoms with Gasteiger partial charge in [-0.25, -0.2) is 0 Å². The highest BCUT2D eigenvalue weighted by Crippen LogP contribution is 2.26. The molecule has 2 aromatic rings. The number of ether oxygens (including phenoxy) is 1. The lowest BCUT2D eigenvalue weighted by molar-refractivity contribution is 0.0973. The first-order chi connectivity index (χ1) is 12.5. The molecule has 0 aliphatic carbocycles. The van der Waals surface area contributed by atoms with Gasteiger partial charge in [0.1, 0.15) is 5.75 Å². The van der Waals surface area contributed by atoms with Gasteiger partial charge < -0.3 is 9.64 Å². The zero-order valence-electron chi connectivity index (χ0n) is 15.0. The zero-order valence-corrected chi connectivity index (χ0v) is 17.4. The number of rotatable bonds is 7. The second-order valence-corrected chi connectivity index (χ2v) is 6.90. The van der Waals surface area contributed by atoms with Crippen molar-refractivity contribution in [2.45, 2.75) is 20.3 Å². The summed E-state index contributed by atoms with van der Waals surface area (Å²) in [4.78, 5) is 14.3. The van der Waals surface area contributed by atoms with Gasteiger partial charge in [-0.05, 0) is 65.8 Å². The molecule has 0 aromatic heterocycles. The van der Waals surface area contributed by atoms with Crippen molar-refractivity contribution in [1.29, 1.82) is 0 Å². The van der Waals surface area contributed by atoms with E-state index in [9.17, 15) is 4.79 Å². The third-order valence-electron chi connectivity index (χ3n) is 3.96. The summed E-state index contributed by atoms with van der Waals surface area (Å²) in [5.41, 5.74) is 1.76. The lowest BCUT2D eigenvalue weighted by Crippen LogP contribution is -2.42. The predicted octanol–water partition coefficient (Wildman–Crippen LogP) is 4.43. The van der Waals surface area contributed by atoms with E-state index in [2.05, 4.69) is 33.4 Å². The summed E-state index contributed by atoms with van der Waals surface area (Å²) in [6.45, 7) is 6.08.